The summed E-state index contributed by atoms with van der Waals surface area (Å²) in [5, 5.41) is 22.4. The van der Waals surface area contributed by atoms with E-state index in [4.69, 9.17) is 4.42 Å². The molecule has 2 heterocycles. The van der Waals surface area contributed by atoms with Gasteiger partial charge in [-0.3, -0.25) is 0 Å². The largest absolute Gasteiger partial charge is 0.504 e. The van der Waals surface area contributed by atoms with Crippen molar-refractivity contribution in [2.24, 2.45) is 0 Å². The second kappa shape index (κ2) is 3.82. The second-order valence-corrected chi connectivity index (χ2v) is 4.19. The molecular weight excluding hydrogens is 218 g/mol. The van der Waals surface area contributed by atoms with Gasteiger partial charge in [-0.15, -0.1) is 0 Å². The first-order chi connectivity index (χ1) is 8.25. The summed E-state index contributed by atoms with van der Waals surface area (Å²) in [6.07, 6.45) is 2.46. The van der Waals surface area contributed by atoms with Crippen LogP contribution >= 0.6 is 0 Å². The lowest BCUT2D eigenvalue weighted by Crippen LogP contribution is -2.30. The van der Waals surface area contributed by atoms with Crippen LogP contribution in [0.25, 0.3) is 0 Å². The number of benzene rings is 1. The van der Waals surface area contributed by atoms with Crippen molar-refractivity contribution >= 4 is 0 Å². The highest BCUT2D eigenvalue weighted by atomic mass is 16.3. The Bertz CT molecular complexity index is 534. The second-order valence-electron chi connectivity index (χ2n) is 4.19. The lowest BCUT2D eigenvalue weighted by molar-refractivity contribution is 0.396. The molecule has 0 saturated heterocycles. The van der Waals surface area contributed by atoms with E-state index in [1.54, 1.807) is 18.4 Å². The number of hydrogen-bond acceptors (Lipinski definition) is 4. The Balaban J connectivity index is 2.10. The van der Waals surface area contributed by atoms with Crippen molar-refractivity contribution in [3.05, 3.63) is 47.4 Å². The van der Waals surface area contributed by atoms with Gasteiger partial charge in [0.25, 0.3) is 0 Å². The van der Waals surface area contributed by atoms with E-state index in [-0.39, 0.29) is 17.5 Å². The summed E-state index contributed by atoms with van der Waals surface area (Å²) in [6, 6.07) is 6.91. The molecule has 88 valence electrons. The molecular formula is C13H13NO3. The first-order valence-electron chi connectivity index (χ1n) is 5.57. The SMILES string of the molecule is Oc1cc2c(cc1O)[C@@H](c1ccco1)NCC2. The van der Waals surface area contributed by atoms with E-state index in [9.17, 15) is 10.2 Å². The third-order valence-corrected chi connectivity index (χ3v) is 3.12. The summed E-state index contributed by atoms with van der Waals surface area (Å²) in [5.41, 5.74) is 2.00. The maximum absolute atomic E-state index is 9.58. The van der Waals surface area contributed by atoms with Gasteiger partial charge in [-0.25, -0.2) is 0 Å². The summed E-state index contributed by atoms with van der Waals surface area (Å²) in [5.74, 6) is 0.656. The zero-order valence-corrected chi connectivity index (χ0v) is 9.18. The van der Waals surface area contributed by atoms with Gasteiger partial charge in [0.2, 0.25) is 0 Å². The Morgan fingerprint density at radius 1 is 1.24 bits per heavy atom. The van der Waals surface area contributed by atoms with Crippen LogP contribution in [0.15, 0.2) is 34.9 Å². The van der Waals surface area contributed by atoms with E-state index in [1.165, 1.54) is 0 Å². The van der Waals surface area contributed by atoms with Gasteiger partial charge in [-0.05, 0) is 41.8 Å². The third-order valence-electron chi connectivity index (χ3n) is 3.12. The normalized spacial score (nSPS) is 18.9. The van der Waals surface area contributed by atoms with Gasteiger partial charge in [-0.2, -0.15) is 0 Å². The van der Waals surface area contributed by atoms with E-state index >= 15 is 0 Å². The molecule has 1 atom stereocenters. The van der Waals surface area contributed by atoms with E-state index < -0.39 is 0 Å². The number of nitrogens with one attached hydrogen (secondary N) is 1. The maximum atomic E-state index is 9.58. The molecule has 4 heteroatoms. The Kier molecular flexibility index (Phi) is 2.30. The minimum Gasteiger partial charge on any atom is -0.504 e. The van der Waals surface area contributed by atoms with Crippen LogP contribution in [0, 0.1) is 0 Å². The number of furan rings is 1. The van der Waals surface area contributed by atoms with Gasteiger partial charge in [0.05, 0.1) is 12.3 Å². The van der Waals surface area contributed by atoms with Crippen molar-refractivity contribution in [3.63, 3.8) is 0 Å². The van der Waals surface area contributed by atoms with Crippen LogP contribution in [0.5, 0.6) is 11.5 Å². The fourth-order valence-corrected chi connectivity index (χ4v) is 2.29. The van der Waals surface area contributed by atoms with Crippen LogP contribution in [0.1, 0.15) is 22.9 Å². The van der Waals surface area contributed by atoms with Crippen LogP contribution < -0.4 is 5.32 Å². The molecule has 1 aliphatic heterocycles. The summed E-state index contributed by atoms with van der Waals surface area (Å²) >= 11 is 0. The minimum atomic E-state index is -0.0935. The van der Waals surface area contributed by atoms with E-state index in [1.807, 2.05) is 12.1 Å². The Morgan fingerprint density at radius 2 is 2.06 bits per heavy atom. The lowest BCUT2D eigenvalue weighted by Gasteiger charge is -2.25. The zero-order valence-electron chi connectivity index (χ0n) is 9.18. The molecule has 0 unspecified atom stereocenters. The monoisotopic (exact) mass is 231 g/mol. The molecule has 3 rings (SSSR count). The van der Waals surface area contributed by atoms with E-state index in [0.717, 1.165) is 29.9 Å². The number of hydrogen-bond donors (Lipinski definition) is 3. The van der Waals surface area contributed by atoms with Crippen LogP contribution in [-0.2, 0) is 6.42 Å². The van der Waals surface area contributed by atoms with E-state index in [2.05, 4.69) is 5.32 Å². The molecule has 1 aromatic heterocycles. The summed E-state index contributed by atoms with van der Waals surface area (Å²) < 4.78 is 5.39. The smallest absolute Gasteiger partial charge is 0.157 e. The Hall–Kier alpha value is -1.94. The van der Waals surface area contributed by atoms with E-state index in [0.29, 0.717) is 0 Å². The lowest BCUT2D eigenvalue weighted by atomic mass is 9.92. The fourth-order valence-electron chi connectivity index (χ4n) is 2.29. The number of fused-ring (bicyclic) bond motifs is 1. The van der Waals surface area contributed by atoms with Crippen LogP contribution in [0.4, 0.5) is 0 Å². The quantitative estimate of drug-likeness (QED) is 0.656. The number of rotatable bonds is 1. The van der Waals surface area contributed by atoms with Crippen LogP contribution in [0.2, 0.25) is 0 Å². The predicted molar refractivity (Wildman–Crippen MR) is 62.0 cm³/mol. The van der Waals surface area contributed by atoms with Crippen molar-refractivity contribution in [1.29, 1.82) is 0 Å². The molecule has 0 bridgehead atoms. The number of phenols is 2. The average molecular weight is 231 g/mol. The van der Waals surface area contributed by atoms with Crippen LogP contribution in [0.3, 0.4) is 0 Å². The van der Waals surface area contributed by atoms with Crippen molar-refractivity contribution in [1.82, 2.24) is 5.32 Å². The van der Waals surface area contributed by atoms with Gasteiger partial charge >= 0.3 is 0 Å². The third kappa shape index (κ3) is 1.66. The molecule has 17 heavy (non-hydrogen) atoms. The van der Waals surface area contributed by atoms with Gasteiger partial charge in [0, 0.05) is 6.54 Å². The standard InChI is InChI=1S/C13H13NO3/c15-10-6-8-3-4-14-13(9(8)7-11(10)16)12-2-1-5-17-12/h1-2,5-7,13-16H,3-4H2/t13-/m0/s1. The topological polar surface area (TPSA) is 65.6 Å². The highest BCUT2D eigenvalue weighted by Gasteiger charge is 2.24. The van der Waals surface area contributed by atoms with Crippen molar-refractivity contribution in [2.75, 3.05) is 6.54 Å². The zero-order chi connectivity index (χ0) is 11.8. The summed E-state index contributed by atoms with van der Waals surface area (Å²) in [6.45, 7) is 0.822. The average Bonchev–Trinajstić information content (AvgIpc) is 2.83. The Morgan fingerprint density at radius 3 is 2.82 bits per heavy atom. The van der Waals surface area contributed by atoms with Crippen LogP contribution in [-0.4, -0.2) is 16.8 Å². The first kappa shape index (κ1) is 10.2. The number of aromatic hydroxyl groups is 2. The molecule has 4 nitrogen and oxygen atoms in total. The molecule has 0 spiro atoms. The van der Waals surface area contributed by atoms with Gasteiger partial charge in [0.1, 0.15) is 5.76 Å². The van der Waals surface area contributed by atoms with Crippen molar-refractivity contribution < 1.29 is 14.6 Å². The van der Waals surface area contributed by atoms with Gasteiger partial charge in [-0.1, -0.05) is 0 Å². The highest BCUT2D eigenvalue weighted by molar-refractivity contribution is 5.49. The molecule has 0 aliphatic carbocycles. The first-order valence-corrected chi connectivity index (χ1v) is 5.57. The fraction of sp³-hybridized carbons (Fsp3) is 0.231. The molecule has 0 radical (unpaired) electrons. The Labute approximate surface area is 98.5 Å². The summed E-state index contributed by atoms with van der Waals surface area (Å²) in [4.78, 5) is 0. The molecule has 2 aromatic rings. The van der Waals surface area contributed by atoms with Crippen molar-refractivity contribution in [3.8, 4) is 11.5 Å². The minimum absolute atomic E-state index is 0.0553. The molecule has 1 aliphatic rings. The highest BCUT2D eigenvalue weighted by Crippen LogP contribution is 2.36. The predicted octanol–water partition coefficient (Wildman–Crippen LogP) is 1.93. The molecule has 3 N–H and O–H groups in total. The number of phenolic OH excluding ortho intramolecular Hbond substituents is 2. The van der Waals surface area contributed by atoms with Crippen molar-refractivity contribution in [2.45, 2.75) is 12.5 Å². The summed E-state index contributed by atoms with van der Waals surface area (Å²) in [7, 11) is 0. The molecule has 0 amide bonds. The van der Waals surface area contributed by atoms with Gasteiger partial charge in [0.15, 0.2) is 11.5 Å². The molecule has 1 aromatic carbocycles. The molecule has 0 fully saturated rings. The van der Waals surface area contributed by atoms with Gasteiger partial charge < -0.3 is 19.9 Å². The molecule has 0 saturated carbocycles. The maximum Gasteiger partial charge on any atom is 0.157 e.